The number of carbonyl (C=O) groups excluding carboxylic acids is 2. The maximum atomic E-state index is 12.9. The summed E-state index contributed by atoms with van der Waals surface area (Å²) in [5, 5.41) is 8.56. The Hall–Kier alpha value is -3.58. The zero-order valence-corrected chi connectivity index (χ0v) is 15.7. The Morgan fingerprint density at radius 3 is 2.54 bits per heavy atom. The number of thiophene rings is 1. The summed E-state index contributed by atoms with van der Waals surface area (Å²) < 4.78 is 5.00. The molecule has 0 unspecified atom stereocenters. The molecule has 6 nitrogen and oxygen atoms in total. The Kier molecular flexibility index (Phi) is 4.82. The number of benzene rings is 2. The number of ketones is 1. The van der Waals surface area contributed by atoms with E-state index in [1.165, 1.54) is 11.3 Å². The van der Waals surface area contributed by atoms with Crippen molar-refractivity contribution in [1.82, 2.24) is 10.1 Å². The summed E-state index contributed by atoms with van der Waals surface area (Å²) in [6, 6.07) is 17.5. The quantitative estimate of drug-likeness (QED) is 0.505. The van der Waals surface area contributed by atoms with Crippen LogP contribution in [0.1, 0.15) is 31.5 Å². The number of hydrogen-bond acceptors (Lipinski definition) is 6. The monoisotopic (exact) mass is 389 g/mol. The molecular weight excluding hydrogens is 374 g/mol. The van der Waals surface area contributed by atoms with Gasteiger partial charge >= 0.3 is 0 Å². The SMILES string of the molecule is Cc1nc(-c2cccc(NC(=O)c3ccccc3C(=O)c3cccs3)c2)no1. The summed E-state index contributed by atoms with van der Waals surface area (Å²) in [5.41, 5.74) is 1.98. The van der Waals surface area contributed by atoms with Crippen molar-refractivity contribution in [3.63, 3.8) is 0 Å². The second-order valence-electron chi connectivity index (χ2n) is 6.02. The highest BCUT2D eigenvalue weighted by Gasteiger charge is 2.19. The Balaban J connectivity index is 1.61. The van der Waals surface area contributed by atoms with Crippen molar-refractivity contribution < 1.29 is 14.1 Å². The first kappa shape index (κ1) is 17.8. The number of rotatable bonds is 5. The van der Waals surface area contributed by atoms with Crippen LogP contribution in [0, 0.1) is 6.92 Å². The molecule has 0 aliphatic carbocycles. The molecule has 2 aromatic heterocycles. The van der Waals surface area contributed by atoms with E-state index < -0.39 is 0 Å². The Labute approximate surface area is 164 Å². The van der Waals surface area contributed by atoms with Gasteiger partial charge in [-0.2, -0.15) is 4.98 Å². The molecule has 0 atom stereocenters. The van der Waals surface area contributed by atoms with E-state index >= 15 is 0 Å². The molecule has 0 aliphatic heterocycles. The lowest BCUT2D eigenvalue weighted by Crippen LogP contribution is -2.16. The fourth-order valence-electron chi connectivity index (χ4n) is 2.77. The summed E-state index contributed by atoms with van der Waals surface area (Å²) >= 11 is 1.35. The van der Waals surface area contributed by atoms with Gasteiger partial charge in [-0.05, 0) is 29.6 Å². The van der Waals surface area contributed by atoms with Gasteiger partial charge in [-0.25, -0.2) is 0 Å². The zero-order valence-electron chi connectivity index (χ0n) is 14.9. The van der Waals surface area contributed by atoms with Gasteiger partial charge in [0.1, 0.15) is 0 Å². The molecule has 4 rings (SSSR count). The Bertz CT molecular complexity index is 1150. The third kappa shape index (κ3) is 3.60. The highest BCUT2D eigenvalue weighted by molar-refractivity contribution is 7.12. The molecule has 0 radical (unpaired) electrons. The maximum absolute atomic E-state index is 12.9. The van der Waals surface area contributed by atoms with Crippen molar-refractivity contribution in [3.8, 4) is 11.4 Å². The first-order valence-corrected chi connectivity index (χ1v) is 9.39. The van der Waals surface area contributed by atoms with E-state index in [0.29, 0.717) is 33.4 Å². The minimum Gasteiger partial charge on any atom is -0.339 e. The molecule has 28 heavy (non-hydrogen) atoms. The van der Waals surface area contributed by atoms with Gasteiger partial charge in [0.25, 0.3) is 5.91 Å². The summed E-state index contributed by atoms with van der Waals surface area (Å²) in [6.07, 6.45) is 0. The van der Waals surface area contributed by atoms with E-state index in [0.717, 1.165) is 5.56 Å². The average Bonchev–Trinajstić information content (AvgIpc) is 3.39. The highest BCUT2D eigenvalue weighted by Crippen LogP contribution is 2.22. The van der Waals surface area contributed by atoms with Gasteiger partial charge in [-0.15, -0.1) is 11.3 Å². The fourth-order valence-corrected chi connectivity index (χ4v) is 3.45. The number of nitrogens with one attached hydrogen (secondary N) is 1. The van der Waals surface area contributed by atoms with Crippen LogP contribution in [0.4, 0.5) is 5.69 Å². The van der Waals surface area contributed by atoms with E-state index in [1.807, 2.05) is 17.5 Å². The Morgan fingerprint density at radius 2 is 1.82 bits per heavy atom. The molecule has 2 aromatic carbocycles. The predicted molar refractivity (Wildman–Crippen MR) is 107 cm³/mol. The van der Waals surface area contributed by atoms with Crippen LogP contribution in [0.5, 0.6) is 0 Å². The number of amides is 1. The molecule has 0 spiro atoms. The minimum atomic E-state index is -0.359. The first-order chi connectivity index (χ1) is 13.6. The molecule has 1 amide bonds. The van der Waals surface area contributed by atoms with Gasteiger partial charge in [-0.1, -0.05) is 41.6 Å². The third-order valence-electron chi connectivity index (χ3n) is 4.07. The van der Waals surface area contributed by atoms with E-state index in [2.05, 4.69) is 15.5 Å². The number of aryl methyl sites for hydroxylation is 1. The van der Waals surface area contributed by atoms with Crippen LogP contribution in [-0.4, -0.2) is 21.8 Å². The van der Waals surface area contributed by atoms with E-state index in [-0.39, 0.29) is 11.7 Å². The van der Waals surface area contributed by atoms with Gasteiger partial charge < -0.3 is 9.84 Å². The van der Waals surface area contributed by atoms with Crippen LogP contribution in [-0.2, 0) is 0 Å². The van der Waals surface area contributed by atoms with E-state index in [4.69, 9.17) is 4.52 Å². The van der Waals surface area contributed by atoms with Gasteiger partial charge in [0.05, 0.1) is 10.4 Å². The highest BCUT2D eigenvalue weighted by atomic mass is 32.1. The molecule has 0 bridgehead atoms. The number of hydrogen-bond donors (Lipinski definition) is 1. The number of carbonyl (C=O) groups is 2. The molecule has 0 saturated carbocycles. The van der Waals surface area contributed by atoms with Crippen LogP contribution in [0.15, 0.2) is 70.6 Å². The van der Waals surface area contributed by atoms with Crippen molar-refractivity contribution in [2.24, 2.45) is 0 Å². The Morgan fingerprint density at radius 1 is 1.00 bits per heavy atom. The second-order valence-corrected chi connectivity index (χ2v) is 6.97. The largest absolute Gasteiger partial charge is 0.339 e. The molecule has 138 valence electrons. The van der Waals surface area contributed by atoms with E-state index in [9.17, 15) is 9.59 Å². The standard InChI is InChI=1S/C21H15N3O3S/c1-13-22-20(24-27-13)14-6-4-7-15(12-14)23-21(26)17-9-3-2-8-16(17)19(25)18-10-5-11-28-18/h2-12H,1H3,(H,23,26). The molecule has 4 aromatic rings. The van der Waals surface area contributed by atoms with Crippen LogP contribution in [0.25, 0.3) is 11.4 Å². The van der Waals surface area contributed by atoms with Crippen molar-refractivity contribution in [2.75, 3.05) is 5.32 Å². The molecule has 7 heteroatoms. The summed E-state index contributed by atoms with van der Waals surface area (Å²) in [4.78, 5) is 30.4. The minimum absolute atomic E-state index is 0.170. The fraction of sp³-hybridized carbons (Fsp3) is 0.0476. The van der Waals surface area contributed by atoms with Crippen LogP contribution >= 0.6 is 11.3 Å². The van der Waals surface area contributed by atoms with Gasteiger partial charge in [0, 0.05) is 23.7 Å². The molecule has 2 heterocycles. The van der Waals surface area contributed by atoms with Crippen LogP contribution in [0.2, 0.25) is 0 Å². The van der Waals surface area contributed by atoms with Crippen molar-refractivity contribution in [1.29, 1.82) is 0 Å². The van der Waals surface area contributed by atoms with Gasteiger partial charge in [0.2, 0.25) is 17.5 Å². The first-order valence-electron chi connectivity index (χ1n) is 8.51. The summed E-state index contributed by atoms with van der Waals surface area (Å²) in [7, 11) is 0. The van der Waals surface area contributed by atoms with Crippen LogP contribution in [0.3, 0.4) is 0 Å². The lowest BCUT2D eigenvalue weighted by molar-refractivity contribution is 0.0998. The van der Waals surface area contributed by atoms with E-state index in [1.54, 1.807) is 55.5 Å². The topological polar surface area (TPSA) is 85.1 Å². The number of anilines is 1. The lowest BCUT2D eigenvalue weighted by atomic mass is 10.0. The molecule has 1 N–H and O–H groups in total. The molecule has 0 aliphatic rings. The third-order valence-corrected chi connectivity index (χ3v) is 4.94. The smallest absolute Gasteiger partial charge is 0.256 e. The van der Waals surface area contributed by atoms with Crippen molar-refractivity contribution in [3.05, 3.63) is 87.9 Å². The second kappa shape index (κ2) is 7.58. The van der Waals surface area contributed by atoms with Gasteiger partial charge in [0.15, 0.2) is 0 Å². The normalized spacial score (nSPS) is 10.6. The number of nitrogens with zero attached hydrogens (tertiary/aromatic N) is 2. The summed E-state index contributed by atoms with van der Waals surface area (Å²) in [5.74, 6) is 0.381. The number of aromatic nitrogens is 2. The van der Waals surface area contributed by atoms with Crippen molar-refractivity contribution >= 4 is 28.7 Å². The van der Waals surface area contributed by atoms with Gasteiger partial charge in [-0.3, -0.25) is 9.59 Å². The molecule has 0 fully saturated rings. The predicted octanol–water partition coefficient (Wildman–Crippen LogP) is 4.59. The van der Waals surface area contributed by atoms with Crippen LogP contribution < -0.4 is 5.32 Å². The zero-order chi connectivity index (χ0) is 19.5. The van der Waals surface area contributed by atoms with Crippen molar-refractivity contribution in [2.45, 2.75) is 6.92 Å². The lowest BCUT2D eigenvalue weighted by Gasteiger charge is -2.09. The summed E-state index contributed by atoms with van der Waals surface area (Å²) in [6.45, 7) is 1.71. The maximum Gasteiger partial charge on any atom is 0.256 e. The average molecular weight is 389 g/mol. The molecular formula is C21H15N3O3S. The molecule has 0 saturated heterocycles.